The Morgan fingerprint density at radius 2 is 1.83 bits per heavy atom. The Labute approximate surface area is 221 Å². The van der Waals surface area contributed by atoms with Gasteiger partial charge in [-0.3, -0.25) is 0 Å². The van der Waals surface area contributed by atoms with Crippen LogP contribution in [0.3, 0.4) is 0 Å². The Bertz CT molecular complexity index is 1320. The monoisotopic (exact) mass is 541 g/mol. The number of ether oxygens (including phenoxy) is 1. The molecule has 0 amide bonds. The van der Waals surface area contributed by atoms with Crippen molar-refractivity contribution in [2.24, 2.45) is 5.92 Å². The molecule has 1 aliphatic carbocycles. The SMILES string of the molecule is [As]c1ncnn2c(C3CCC(CN4CCCCC4)C3)nc(-c3cccc(OCc4ccccc4)c3)c12. The molecule has 36 heavy (non-hydrogen) atoms. The minimum atomic E-state index is 0.431. The number of rotatable bonds is 7. The van der Waals surface area contributed by atoms with Crippen LogP contribution in [0.4, 0.5) is 0 Å². The van der Waals surface area contributed by atoms with E-state index >= 15 is 0 Å². The molecule has 2 atom stereocenters. The van der Waals surface area contributed by atoms with E-state index in [0.717, 1.165) is 44.3 Å². The maximum absolute atomic E-state index is 6.11. The van der Waals surface area contributed by atoms with E-state index in [-0.39, 0.29) is 0 Å². The van der Waals surface area contributed by atoms with Crippen LogP contribution in [0.1, 0.15) is 55.8 Å². The van der Waals surface area contributed by atoms with E-state index in [1.54, 1.807) is 6.33 Å². The van der Waals surface area contributed by atoms with Crippen molar-refractivity contribution in [1.82, 2.24) is 24.5 Å². The van der Waals surface area contributed by atoms with E-state index in [2.05, 4.69) is 56.1 Å². The first-order chi connectivity index (χ1) is 17.7. The van der Waals surface area contributed by atoms with Crippen LogP contribution >= 0.6 is 0 Å². The van der Waals surface area contributed by atoms with Crippen molar-refractivity contribution in [3.63, 3.8) is 0 Å². The predicted octanol–water partition coefficient (Wildman–Crippen LogP) is 4.53. The van der Waals surface area contributed by atoms with Gasteiger partial charge in [0.05, 0.1) is 0 Å². The molecule has 4 aromatic rings. The molecule has 1 aliphatic heterocycles. The van der Waals surface area contributed by atoms with Crippen molar-refractivity contribution in [2.75, 3.05) is 19.6 Å². The third-order valence-corrected chi connectivity index (χ3v) is 8.35. The van der Waals surface area contributed by atoms with E-state index in [9.17, 15) is 0 Å². The summed E-state index contributed by atoms with van der Waals surface area (Å²) in [6, 6.07) is 18.5. The normalized spacial score (nSPS) is 20.7. The summed E-state index contributed by atoms with van der Waals surface area (Å²) in [7, 11) is 0. The summed E-state index contributed by atoms with van der Waals surface area (Å²) in [5.41, 5.74) is 4.10. The second kappa shape index (κ2) is 10.7. The number of piperidine rings is 1. The second-order valence-corrected chi connectivity index (χ2v) is 11.1. The van der Waals surface area contributed by atoms with Gasteiger partial charge in [0, 0.05) is 0 Å². The Morgan fingerprint density at radius 3 is 2.69 bits per heavy atom. The van der Waals surface area contributed by atoms with E-state index in [0.29, 0.717) is 12.5 Å². The summed E-state index contributed by atoms with van der Waals surface area (Å²) in [6.07, 6.45) is 9.38. The van der Waals surface area contributed by atoms with Gasteiger partial charge in [0.15, 0.2) is 0 Å². The molecule has 0 spiro atoms. The molecule has 2 aromatic carbocycles. The van der Waals surface area contributed by atoms with Gasteiger partial charge in [-0.15, -0.1) is 0 Å². The van der Waals surface area contributed by atoms with Gasteiger partial charge in [-0.25, -0.2) is 0 Å². The predicted molar refractivity (Wildman–Crippen MR) is 143 cm³/mol. The number of hydrogen-bond donors (Lipinski definition) is 0. The Balaban J connectivity index is 1.26. The van der Waals surface area contributed by atoms with Gasteiger partial charge in [0.25, 0.3) is 0 Å². The molecule has 1 saturated heterocycles. The van der Waals surface area contributed by atoms with Crippen molar-refractivity contribution in [3.8, 4) is 17.0 Å². The van der Waals surface area contributed by atoms with Gasteiger partial charge >= 0.3 is 222 Å². The van der Waals surface area contributed by atoms with Crippen LogP contribution in [0.15, 0.2) is 60.9 Å². The number of aromatic nitrogens is 4. The molecular formula is C29H32AsN5O. The van der Waals surface area contributed by atoms with Gasteiger partial charge < -0.3 is 0 Å². The summed E-state index contributed by atoms with van der Waals surface area (Å²) < 4.78 is 9.05. The third kappa shape index (κ3) is 5.07. The molecule has 7 heteroatoms. The standard InChI is InChI=1S/C29H32AsN5O/c30-28-27-26(23-10-7-11-25(17-23)36-19-21-8-3-1-4-9-21)33-29(35(27)32-20-31-28)24-13-12-22(16-24)18-34-14-5-2-6-15-34/h1,3-4,7-11,17,20,22,24H,2,5-6,12-16,18-19H2. The molecule has 0 N–H and O–H groups in total. The summed E-state index contributed by atoms with van der Waals surface area (Å²) in [6.45, 7) is 4.31. The fraction of sp³-hybridized carbons (Fsp3) is 0.414. The van der Waals surface area contributed by atoms with Crippen LogP contribution in [-0.4, -0.2) is 61.0 Å². The van der Waals surface area contributed by atoms with Gasteiger partial charge in [0.1, 0.15) is 0 Å². The molecule has 2 aromatic heterocycles. The molecule has 2 radical (unpaired) electrons. The van der Waals surface area contributed by atoms with Crippen LogP contribution in [0, 0.1) is 5.92 Å². The number of likely N-dealkylation sites (tertiary alicyclic amines) is 1. The second-order valence-electron chi connectivity index (χ2n) is 10.2. The van der Waals surface area contributed by atoms with Crippen molar-refractivity contribution in [1.29, 1.82) is 0 Å². The Morgan fingerprint density at radius 1 is 0.972 bits per heavy atom. The molecular weight excluding hydrogens is 509 g/mol. The number of hydrogen-bond acceptors (Lipinski definition) is 5. The zero-order chi connectivity index (χ0) is 24.3. The van der Waals surface area contributed by atoms with Crippen LogP contribution in [0.5, 0.6) is 5.75 Å². The molecule has 1 saturated carbocycles. The molecule has 184 valence electrons. The molecule has 6 nitrogen and oxygen atoms in total. The molecule has 2 unspecified atom stereocenters. The van der Waals surface area contributed by atoms with Crippen LogP contribution in [0.2, 0.25) is 0 Å². The summed E-state index contributed by atoms with van der Waals surface area (Å²) in [5, 5.41) is 4.66. The first kappa shape index (κ1) is 23.7. The number of nitrogens with zero attached hydrogens (tertiary/aromatic N) is 5. The quantitative estimate of drug-likeness (QED) is 0.322. The van der Waals surface area contributed by atoms with E-state index in [4.69, 9.17) is 9.72 Å². The van der Waals surface area contributed by atoms with Crippen molar-refractivity contribution >= 4 is 26.9 Å². The zero-order valence-electron chi connectivity index (χ0n) is 20.6. The molecule has 3 heterocycles. The van der Waals surface area contributed by atoms with Gasteiger partial charge in [-0.1, -0.05) is 0 Å². The van der Waals surface area contributed by atoms with Crippen LogP contribution in [-0.2, 0) is 6.61 Å². The molecule has 2 aliphatic rings. The fourth-order valence-corrected chi connectivity index (χ4v) is 6.39. The average molecular weight is 542 g/mol. The Kier molecular flexibility index (Phi) is 7.07. The number of imidazole rings is 1. The van der Waals surface area contributed by atoms with E-state index in [1.807, 2.05) is 34.8 Å². The first-order valence-corrected chi connectivity index (χ1v) is 14.1. The Hall–Kier alpha value is -2.69. The number of benzene rings is 2. The van der Waals surface area contributed by atoms with Crippen molar-refractivity contribution in [3.05, 3.63) is 72.3 Å². The molecule has 2 fully saturated rings. The third-order valence-electron chi connectivity index (χ3n) is 7.67. The first-order valence-electron chi connectivity index (χ1n) is 13.2. The minimum absolute atomic E-state index is 0.431. The van der Waals surface area contributed by atoms with Crippen LogP contribution in [0.25, 0.3) is 16.8 Å². The molecule has 0 bridgehead atoms. The fourth-order valence-electron chi connectivity index (χ4n) is 5.86. The van der Waals surface area contributed by atoms with Crippen molar-refractivity contribution in [2.45, 2.75) is 51.0 Å². The average Bonchev–Trinajstić information content (AvgIpc) is 3.54. The zero-order valence-corrected chi connectivity index (χ0v) is 22.5. The van der Waals surface area contributed by atoms with Crippen LogP contribution < -0.4 is 9.22 Å². The number of fused-ring (bicyclic) bond motifs is 1. The topological polar surface area (TPSA) is 55.5 Å². The molecule has 6 rings (SSSR count). The summed E-state index contributed by atoms with van der Waals surface area (Å²) >= 11 is 2.59. The van der Waals surface area contributed by atoms with Gasteiger partial charge in [-0.05, 0) is 0 Å². The van der Waals surface area contributed by atoms with Gasteiger partial charge in [-0.2, -0.15) is 0 Å². The van der Waals surface area contributed by atoms with Crippen molar-refractivity contribution < 1.29 is 4.74 Å². The van der Waals surface area contributed by atoms with E-state index in [1.165, 1.54) is 58.2 Å². The van der Waals surface area contributed by atoms with E-state index < -0.39 is 0 Å². The van der Waals surface area contributed by atoms with Gasteiger partial charge in [0.2, 0.25) is 0 Å². The maximum atomic E-state index is 6.11. The summed E-state index contributed by atoms with van der Waals surface area (Å²) in [5.74, 6) is 3.09. The summed E-state index contributed by atoms with van der Waals surface area (Å²) in [4.78, 5) is 12.4.